The van der Waals surface area contributed by atoms with Gasteiger partial charge in [0.1, 0.15) is 0 Å². The van der Waals surface area contributed by atoms with E-state index >= 15 is 0 Å². The summed E-state index contributed by atoms with van der Waals surface area (Å²) in [6.45, 7) is 5.82. The lowest BCUT2D eigenvalue weighted by Gasteiger charge is -2.20. The van der Waals surface area contributed by atoms with E-state index in [1.165, 1.54) is 12.1 Å². The van der Waals surface area contributed by atoms with Gasteiger partial charge in [0.15, 0.2) is 6.23 Å². The molecule has 6 heteroatoms. The van der Waals surface area contributed by atoms with Gasteiger partial charge >= 0.3 is 0 Å². The van der Waals surface area contributed by atoms with Crippen molar-refractivity contribution in [3.63, 3.8) is 0 Å². The SMILES string of the molecule is CCOC(NC(=O)C(C)C)c1ccc([N+](=O)[O-])cc1. The van der Waals surface area contributed by atoms with Gasteiger partial charge in [-0.3, -0.25) is 14.9 Å². The molecule has 1 unspecified atom stereocenters. The average Bonchev–Trinajstić information content (AvgIpc) is 2.38. The van der Waals surface area contributed by atoms with Crippen LogP contribution in [0, 0.1) is 16.0 Å². The van der Waals surface area contributed by atoms with Gasteiger partial charge in [0.25, 0.3) is 5.69 Å². The van der Waals surface area contributed by atoms with Crippen LogP contribution < -0.4 is 5.32 Å². The minimum absolute atomic E-state index is 0.00850. The largest absolute Gasteiger partial charge is 0.354 e. The monoisotopic (exact) mass is 266 g/mol. The van der Waals surface area contributed by atoms with E-state index in [4.69, 9.17) is 4.74 Å². The smallest absolute Gasteiger partial charge is 0.269 e. The highest BCUT2D eigenvalue weighted by molar-refractivity contribution is 5.78. The van der Waals surface area contributed by atoms with E-state index in [2.05, 4.69) is 5.32 Å². The Labute approximate surface area is 111 Å². The van der Waals surface area contributed by atoms with Crippen LogP contribution in [0.1, 0.15) is 32.6 Å². The fourth-order valence-electron chi connectivity index (χ4n) is 1.45. The summed E-state index contributed by atoms with van der Waals surface area (Å²) in [5.74, 6) is -0.280. The van der Waals surface area contributed by atoms with Crippen molar-refractivity contribution < 1.29 is 14.5 Å². The number of benzene rings is 1. The lowest BCUT2D eigenvalue weighted by Crippen LogP contribution is -2.33. The Morgan fingerprint density at radius 3 is 2.37 bits per heavy atom. The number of nitrogens with zero attached hydrogens (tertiary/aromatic N) is 1. The van der Waals surface area contributed by atoms with Crippen LogP contribution in [-0.4, -0.2) is 17.4 Å². The van der Waals surface area contributed by atoms with Gasteiger partial charge in [-0.25, -0.2) is 0 Å². The average molecular weight is 266 g/mol. The lowest BCUT2D eigenvalue weighted by atomic mass is 10.1. The molecule has 0 aromatic heterocycles. The number of hydrogen-bond donors (Lipinski definition) is 1. The Morgan fingerprint density at radius 2 is 1.95 bits per heavy atom. The van der Waals surface area contributed by atoms with Crippen LogP contribution in [0.25, 0.3) is 0 Å². The topological polar surface area (TPSA) is 81.5 Å². The van der Waals surface area contributed by atoms with E-state index in [-0.39, 0.29) is 17.5 Å². The van der Waals surface area contributed by atoms with E-state index in [1.807, 2.05) is 6.92 Å². The normalized spacial score (nSPS) is 12.2. The lowest BCUT2D eigenvalue weighted by molar-refractivity contribution is -0.384. The van der Waals surface area contributed by atoms with Crippen LogP contribution in [0.15, 0.2) is 24.3 Å². The molecule has 0 saturated heterocycles. The minimum atomic E-state index is -0.583. The Bertz CT molecular complexity index is 442. The molecule has 1 amide bonds. The van der Waals surface area contributed by atoms with Crippen LogP contribution in [-0.2, 0) is 9.53 Å². The van der Waals surface area contributed by atoms with E-state index in [0.29, 0.717) is 12.2 Å². The van der Waals surface area contributed by atoms with Gasteiger partial charge in [-0.05, 0) is 19.1 Å². The zero-order valence-corrected chi connectivity index (χ0v) is 11.3. The molecule has 19 heavy (non-hydrogen) atoms. The van der Waals surface area contributed by atoms with Gasteiger partial charge in [0, 0.05) is 30.2 Å². The number of rotatable bonds is 6. The molecule has 104 valence electrons. The van der Waals surface area contributed by atoms with Crippen molar-refractivity contribution in [3.05, 3.63) is 39.9 Å². The molecule has 0 aliphatic carbocycles. The van der Waals surface area contributed by atoms with Gasteiger partial charge in [-0.2, -0.15) is 0 Å². The second-order valence-corrected chi connectivity index (χ2v) is 4.35. The summed E-state index contributed by atoms with van der Waals surface area (Å²) in [7, 11) is 0. The summed E-state index contributed by atoms with van der Waals surface area (Å²) >= 11 is 0. The number of carbonyl (C=O) groups excluding carboxylic acids is 1. The van der Waals surface area contributed by atoms with Crippen LogP contribution in [0.3, 0.4) is 0 Å². The number of nitrogens with one attached hydrogen (secondary N) is 1. The molecule has 0 aliphatic heterocycles. The maximum absolute atomic E-state index is 11.7. The maximum Gasteiger partial charge on any atom is 0.269 e. The Kier molecular flexibility index (Phi) is 5.44. The van der Waals surface area contributed by atoms with Crippen LogP contribution in [0.4, 0.5) is 5.69 Å². The summed E-state index contributed by atoms with van der Waals surface area (Å²) in [4.78, 5) is 21.8. The summed E-state index contributed by atoms with van der Waals surface area (Å²) in [5.41, 5.74) is 0.690. The van der Waals surface area contributed by atoms with Gasteiger partial charge < -0.3 is 10.1 Å². The molecule has 6 nitrogen and oxygen atoms in total. The molecule has 1 rings (SSSR count). The molecule has 1 aromatic carbocycles. The number of ether oxygens (including phenoxy) is 1. The molecular formula is C13H18N2O4. The first-order valence-electron chi connectivity index (χ1n) is 6.12. The van der Waals surface area contributed by atoms with Crippen molar-refractivity contribution in [1.29, 1.82) is 0 Å². The molecular weight excluding hydrogens is 248 g/mol. The number of hydrogen-bond acceptors (Lipinski definition) is 4. The summed E-state index contributed by atoms with van der Waals surface area (Å²) in [6.07, 6.45) is -0.583. The van der Waals surface area contributed by atoms with Gasteiger partial charge in [-0.1, -0.05) is 13.8 Å². The van der Waals surface area contributed by atoms with Crippen molar-refractivity contribution >= 4 is 11.6 Å². The Hall–Kier alpha value is -1.95. The number of carbonyl (C=O) groups is 1. The standard InChI is InChI=1S/C13H18N2O4/c1-4-19-13(14-12(16)9(2)3)10-5-7-11(8-6-10)15(17)18/h5-9,13H,4H2,1-3H3,(H,14,16). The number of nitro benzene ring substituents is 1. The third-order valence-corrected chi connectivity index (χ3v) is 2.54. The molecule has 0 bridgehead atoms. The molecule has 1 N–H and O–H groups in total. The zero-order chi connectivity index (χ0) is 14.4. The molecule has 0 spiro atoms. The van der Waals surface area contributed by atoms with E-state index in [1.54, 1.807) is 26.0 Å². The van der Waals surface area contributed by atoms with Crippen LogP contribution in [0.5, 0.6) is 0 Å². The first-order valence-corrected chi connectivity index (χ1v) is 6.12. The molecule has 0 saturated carbocycles. The molecule has 1 aromatic rings. The molecule has 0 heterocycles. The quantitative estimate of drug-likeness (QED) is 0.487. The van der Waals surface area contributed by atoms with Gasteiger partial charge in [0.2, 0.25) is 5.91 Å². The first-order chi connectivity index (χ1) is 8.95. The van der Waals surface area contributed by atoms with E-state index < -0.39 is 11.2 Å². The number of non-ortho nitro benzene ring substituents is 1. The summed E-state index contributed by atoms with van der Waals surface area (Å²) < 4.78 is 5.45. The van der Waals surface area contributed by atoms with Crippen molar-refractivity contribution in [2.45, 2.75) is 27.0 Å². The van der Waals surface area contributed by atoms with E-state index in [9.17, 15) is 14.9 Å². The fraction of sp³-hybridized carbons (Fsp3) is 0.462. The predicted octanol–water partition coefficient (Wildman–Crippen LogP) is 2.40. The predicted molar refractivity (Wildman–Crippen MR) is 70.4 cm³/mol. The van der Waals surface area contributed by atoms with Crippen molar-refractivity contribution in [3.8, 4) is 0 Å². The van der Waals surface area contributed by atoms with Crippen molar-refractivity contribution in [2.75, 3.05) is 6.61 Å². The fourth-order valence-corrected chi connectivity index (χ4v) is 1.45. The first kappa shape index (κ1) is 15.1. The Morgan fingerprint density at radius 1 is 1.37 bits per heavy atom. The minimum Gasteiger partial charge on any atom is -0.354 e. The van der Waals surface area contributed by atoms with Gasteiger partial charge in [-0.15, -0.1) is 0 Å². The third kappa shape index (κ3) is 4.33. The van der Waals surface area contributed by atoms with Crippen molar-refractivity contribution in [1.82, 2.24) is 5.32 Å². The summed E-state index contributed by atoms with van der Waals surface area (Å²) in [6, 6.07) is 5.95. The third-order valence-electron chi connectivity index (χ3n) is 2.54. The highest BCUT2D eigenvalue weighted by Gasteiger charge is 2.17. The van der Waals surface area contributed by atoms with Gasteiger partial charge in [0.05, 0.1) is 4.92 Å². The van der Waals surface area contributed by atoms with Crippen molar-refractivity contribution in [2.24, 2.45) is 5.92 Å². The molecule has 1 atom stereocenters. The molecule has 0 aliphatic rings. The zero-order valence-electron chi connectivity index (χ0n) is 11.3. The van der Waals surface area contributed by atoms with E-state index in [0.717, 1.165) is 0 Å². The second kappa shape index (κ2) is 6.84. The Balaban J connectivity index is 2.86. The number of nitro groups is 1. The highest BCUT2D eigenvalue weighted by atomic mass is 16.6. The highest BCUT2D eigenvalue weighted by Crippen LogP contribution is 2.19. The molecule has 0 radical (unpaired) electrons. The van der Waals surface area contributed by atoms with Crippen LogP contribution in [0.2, 0.25) is 0 Å². The maximum atomic E-state index is 11.7. The summed E-state index contributed by atoms with van der Waals surface area (Å²) in [5, 5.41) is 13.3. The second-order valence-electron chi connectivity index (χ2n) is 4.35. The number of amides is 1. The molecule has 0 fully saturated rings. The van der Waals surface area contributed by atoms with Crippen LogP contribution >= 0.6 is 0 Å².